The van der Waals surface area contributed by atoms with Gasteiger partial charge in [0.15, 0.2) is 5.06 Å². The number of carbonyl (C=O) groups excluding carboxylic acids is 1. The highest BCUT2D eigenvalue weighted by Crippen LogP contribution is 2.30. The number of aromatic nitrogens is 1. The Morgan fingerprint density at radius 2 is 2.38 bits per heavy atom. The van der Waals surface area contributed by atoms with E-state index in [-0.39, 0.29) is 0 Å². The van der Waals surface area contributed by atoms with Crippen molar-refractivity contribution >= 4 is 27.9 Å². The van der Waals surface area contributed by atoms with Crippen LogP contribution in [0.3, 0.4) is 0 Å². The van der Waals surface area contributed by atoms with Gasteiger partial charge in [0, 0.05) is 18.0 Å². The molecule has 0 radical (unpaired) electrons. The highest BCUT2D eigenvalue weighted by molar-refractivity contribution is 7.20. The molecule has 0 saturated heterocycles. The first-order valence-electron chi connectivity index (χ1n) is 3.76. The summed E-state index contributed by atoms with van der Waals surface area (Å²) in [4.78, 5) is 14.2. The summed E-state index contributed by atoms with van der Waals surface area (Å²) in [5, 5.41) is 1.67. The molecule has 0 aromatic carbocycles. The van der Waals surface area contributed by atoms with Gasteiger partial charge >= 0.3 is 0 Å². The molecule has 4 heteroatoms. The maximum absolute atomic E-state index is 10.1. The highest BCUT2D eigenvalue weighted by Gasteiger charge is 2.02. The zero-order chi connectivity index (χ0) is 9.26. The minimum Gasteiger partial charge on any atom is -0.418 e. The molecular weight excluding hydrogens is 186 g/mol. The number of fused-ring (bicyclic) bond motifs is 1. The average Bonchev–Trinajstić information content (AvgIpc) is 2.46. The van der Waals surface area contributed by atoms with Crippen molar-refractivity contribution in [2.24, 2.45) is 0 Å². The van der Waals surface area contributed by atoms with E-state index in [9.17, 15) is 4.79 Å². The Balaban J connectivity index is 2.55. The Hall–Kier alpha value is -1.42. The van der Waals surface area contributed by atoms with Crippen LogP contribution in [-0.4, -0.2) is 11.5 Å². The summed E-state index contributed by atoms with van der Waals surface area (Å²) in [5.74, 6) is 0. The molecule has 0 atom stereocenters. The number of thiophene rings is 1. The van der Waals surface area contributed by atoms with Crippen LogP contribution in [0.25, 0.3) is 10.1 Å². The zero-order valence-corrected chi connectivity index (χ0v) is 7.80. The van der Waals surface area contributed by atoms with E-state index in [4.69, 9.17) is 4.74 Å². The number of aryl methyl sites for hydroxylation is 1. The Labute approximate surface area is 79.0 Å². The molecule has 0 amide bonds. The van der Waals surface area contributed by atoms with Gasteiger partial charge in [-0.15, -0.1) is 0 Å². The van der Waals surface area contributed by atoms with E-state index < -0.39 is 0 Å². The minimum atomic E-state index is 0.436. The number of nitrogens with zero attached hydrogens (tertiary/aromatic N) is 1. The monoisotopic (exact) mass is 193 g/mol. The number of carbonyl (C=O) groups is 1. The molecule has 13 heavy (non-hydrogen) atoms. The van der Waals surface area contributed by atoms with Crippen molar-refractivity contribution in [3.05, 3.63) is 24.0 Å². The summed E-state index contributed by atoms with van der Waals surface area (Å²) in [7, 11) is 0. The van der Waals surface area contributed by atoms with Gasteiger partial charge in [-0.3, -0.25) is 9.78 Å². The van der Waals surface area contributed by atoms with E-state index in [0.29, 0.717) is 11.5 Å². The van der Waals surface area contributed by atoms with Gasteiger partial charge in [0.25, 0.3) is 6.47 Å². The van der Waals surface area contributed by atoms with Crippen molar-refractivity contribution in [3.63, 3.8) is 0 Å². The largest absolute Gasteiger partial charge is 0.418 e. The molecule has 0 spiro atoms. The molecule has 3 nitrogen and oxygen atoms in total. The first-order chi connectivity index (χ1) is 6.29. The van der Waals surface area contributed by atoms with Crippen molar-refractivity contribution in [3.8, 4) is 5.06 Å². The standard InChI is InChI=1S/C9H7NO2S/c1-6-2-7-3-9(12-5-11)13-8(7)4-10-6/h2-5H,1H3. The van der Waals surface area contributed by atoms with Crippen LogP contribution < -0.4 is 4.74 Å². The van der Waals surface area contributed by atoms with Gasteiger partial charge < -0.3 is 4.74 Å². The first kappa shape index (κ1) is 8.19. The summed E-state index contributed by atoms with van der Waals surface area (Å²) in [5.41, 5.74) is 0.961. The van der Waals surface area contributed by atoms with Gasteiger partial charge in [-0.05, 0) is 18.4 Å². The molecule has 2 rings (SSSR count). The Morgan fingerprint density at radius 3 is 3.15 bits per heavy atom. The number of pyridine rings is 1. The molecule has 0 saturated carbocycles. The topological polar surface area (TPSA) is 39.2 Å². The number of hydrogen-bond donors (Lipinski definition) is 0. The van der Waals surface area contributed by atoms with Gasteiger partial charge in [-0.2, -0.15) is 0 Å². The fraction of sp³-hybridized carbons (Fsp3) is 0.111. The number of rotatable bonds is 2. The van der Waals surface area contributed by atoms with Crippen molar-refractivity contribution in [2.75, 3.05) is 0 Å². The second kappa shape index (κ2) is 3.14. The van der Waals surface area contributed by atoms with E-state index in [2.05, 4.69) is 4.98 Å². The fourth-order valence-electron chi connectivity index (χ4n) is 1.14. The molecule has 2 aromatic rings. The summed E-state index contributed by atoms with van der Waals surface area (Å²) in [6.45, 7) is 2.36. The molecule has 2 heterocycles. The van der Waals surface area contributed by atoms with E-state index in [0.717, 1.165) is 15.8 Å². The van der Waals surface area contributed by atoms with Crippen LogP contribution in [-0.2, 0) is 4.79 Å². The molecule has 0 fully saturated rings. The van der Waals surface area contributed by atoms with Crippen LogP contribution >= 0.6 is 11.3 Å². The van der Waals surface area contributed by atoms with Crippen molar-refractivity contribution in [1.82, 2.24) is 4.98 Å². The zero-order valence-electron chi connectivity index (χ0n) is 6.98. The minimum absolute atomic E-state index is 0.436. The quantitative estimate of drug-likeness (QED) is 0.686. The normalized spacial score (nSPS) is 10.2. The Kier molecular flexibility index (Phi) is 1.98. The third-order valence-electron chi connectivity index (χ3n) is 1.68. The van der Waals surface area contributed by atoms with Gasteiger partial charge in [-0.25, -0.2) is 0 Å². The Bertz CT molecular complexity index is 450. The molecule has 0 aliphatic rings. The maximum atomic E-state index is 10.1. The molecular formula is C9H7NO2S. The first-order valence-corrected chi connectivity index (χ1v) is 4.58. The summed E-state index contributed by atoms with van der Waals surface area (Å²) in [6, 6.07) is 3.80. The number of ether oxygens (including phenoxy) is 1. The van der Waals surface area contributed by atoms with Crippen LogP contribution in [0.5, 0.6) is 5.06 Å². The van der Waals surface area contributed by atoms with Gasteiger partial charge in [0.2, 0.25) is 0 Å². The van der Waals surface area contributed by atoms with Crippen LogP contribution in [0.4, 0.5) is 0 Å². The van der Waals surface area contributed by atoms with Crippen molar-refractivity contribution in [2.45, 2.75) is 6.92 Å². The molecule has 2 aromatic heterocycles. The summed E-state index contributed by atoms with van der Waals surface area (Å²) < 4.78 is 5.77. The third kappa shape index (κ3) is 1.53. The van der Waals surface area contributed by atoms with Crippen LogP contribution in [0, 0.1) is 6.92 Å². The molecule has 0 N–H and O–H groups in total. The van der Waals surface area contributed by atoms with Crippen molar-refractivity contribution in [1.29, 1.82) is 0 Å². The van der Waals surface area contributed by atoms with Crippen molar-refractivity contribution < 1.29 is 9.53 Å². The second-order valence-electron chi connectivity index (χ2n) is 2.64. The van der Waals surface area contributed by atoms with Crippen LogP contribution in [0.15, 0.2) is 18.3 Å². The SMILES string of the molecule is Cc1cc2cc(OC=O)sc2cn1. The van der Waals surface area contributed by atoms with Crippen LogP contribution in [0.2, 0.25) is 0 Å². The molecule has 0 bridgehead atoms. The van der Waals surface area contributed by atoms with E-state index in [1.54, 1.807) is 6.20 Å². The van der Waals surface area contributed by atoms with E-state index in [1.165, 1.54) is 11.3 Å². The summed E-state index contributed by atoms with van der Waals surface area (Å²) >= 11 is 1.41. The number of hydrogen-bond acceptors (Lipinski definition) is 4. The van der Waals surface area contributed by atoms with Gasteiger partial charge in [0.1, 0.15) is 0 Å². The lowest BCUT2D eigenvalue weighted by Gasteiger charge is -1.88. The molecule has 0 aliphatic heterocycles. The summed E-state index contributed by atoms with van der Waals surface area (Å²) in [6.07, 6.45) is 1.78. The lowest BCUT2D eigenvalue weighted by Crippen LogP contribution is -1.82. The highest BCUT2D eigenvalue weighted by atomic mass is 32.1. The van der Waals surface area contributed by atoms with E-state index >= 15 is 0 Å². The van der Waals surface area contributed by atoms with Crippen LogP contribution in [0.1, 0.15) is 5.69 Å². The Morgan fingerprint density at radius 1 is 1.54 bits per heavy atom. The van der Waals surface area contributed by atoms with E-state index in [1.807, 2.05) is 19.1 Å². The van der Waals surface area contributed by atoms with Gasteiger partial charge in [0.05, 0.1) is 4.70 Å². The lowest BCUT2D eigenvalue weighted by molar-refractivity contribution is -0.120. The average molecular weight is 193 g/mol. The predicted molar refractivity (Wildman–Crippen MR) is 51.0 cm³/mol. The second-order valence-corrected chi connectivity index (χ2v) is 3.69. The third-order valence-corrected chi connectivity index (χ3v) is 2.66. The maximum Gasteiger partial charge on any atom is 0.299 e. The smallest absolute Gasteiger partial charge is 0.299 e. The predicted octanol–water partition coefficient (Wildman–Crippen LogP) is 2.14. The lowest BCUT2D eigenvalue weighted by atomic mass is 10.3. The molecule has 66 valence electrons. The molecule has 0 aliphatic carbocycles. The van der Waals surface area contributed by atoms with Gasteiger partial charge in [-0.1, -0.05) is 11.3 Å². The molecule has 0 unspecified atom stereocenters. The fourth-order valence-corrected chi connectivity index (χ4v) is 1.97.